The molecule has 3 heteroatoms. The van der Waals surface area contributed by atoms with Gasteiger partial charge in [-0.1, -0.05) is 6.42 Å². The van der Waals surface area contributed by atoms with Crippen LogP contribution >= 0.6 is 15.9 Å². The largest absolute Gasteiger partial charge is 0.294 e. The number of Topliss-reactive ketones (excluding diaryl/α,β-unsaturated/α-hetero) is 1. The average Bonchev–Trinajstić information content (AvgIpc) is 2.94. The Morgan fingerprint density at radius 2 is 2.17 bits per heavy atom. The van der Waals surface area contributed by atoms with Crippen LogP contribution in [0.15, 0.2) is 22.7 Å². The lowest BCUT2D eigenvalue weighted by Crippen LogP contribution is -2.15. The summed E-state index contributed by atoms with van der Waals surface area (Å²) in [6.45, 7) is 0. The monoisotopic (exact) mass is 310 g/mol. The highest BCUT2D eigenvalue weighted by Crippen LogP contribution is 2.49. The van der Waals surface area contributed by atoms with Crippen molar-refractivity contribution in [2.75, 3.05) is 0 Å². The van der Waals surface area contributed by atoms with Crippen molar-refractivity contribution in [1.29, 1.82) is 0 Å². The zero-order valence-corrected chi connectivity index (χ0v) is 11.7. The van der Waals surface area contributed by atoms with E-state index in [-0.39, 0.29) is 11.6 Å². The maximum absolute atomic E-state index is 13.1. The summed E-state index contributed by atoms with van der Waals surface area (Å²) in [4.78, 5) is 12.2. The number of hydrogen-bond acceptors (Lipinski definition) is 1. The first-order valence-corrected chi connectivity index (χ1v) is 7.41. The molecule has 0 N–H and O–H groups in total. The second-order valence-corrected chi connectivity index (χ2v) is 6.55. The Bertz CT molecular complexity index is 485. The zero-order valence-electron chi connectivity index (χ0n) is 10.2. The fraction of sp³-hybridized carbons (Fsp3) is 0.533. The normalized spacial score (nSPS) is 29.8. The van der Waals surface area contributed by atoms with Gasteiger partial charge < -0.3 is 0 Å². The lowest BCUT2D eigenvalue weighted by molar-refractivity contribution is 0.0944. The molecule has 0 amide bonds. The molecular weight excluding hydrogens is 295 g/mol. The first-order valence-electron chi connectivity index (χ1n) is 6.61. The Morgan fingerprint density at radius 1 is 1.33 bits per heavy atom. The minimum atomic E-state index is -0.313. The molecule has 3 unspecified atom stereocenters. The molecule has 3 atom stereocenters. The molecule has 0 spiro atoms. The summed E-state index contributed by atoms with van der Waals surface area (Å²) in [5, 5.41) is 0. The van der Waals surface area contributed by atoms with Crippen molar-refractivity contribution in [3.05, 3.63) is 34.1 Å². The highest BCUT2D eigenvalue weighted by molar-refractivity contribution is 9.10. The van der Waals surface area contributed by atoms with Crippen LogP contribution in [0.2, 0.25) is 0 Å². The molecule has 0 heterocycles. The van der Waals surface area contributed by atoms with Gasteiger partial charge in [-0.15, -0.1) is 0 Å². The van der Waals surface area contributed by atoms with Crippen LogP contribution in [0, 0.1) is 23.6 Å². The maximum Gasteiger partial charge on any atom is 0.163 e. The standard InChI is InChI=1S/C15H16BrFO/c16-13-7-11(3-4-14(13)17)15(18)8-12-6-9-1-2-10(12)5-9/h3-4,7,9-10,12H,1-2,5-6,8H2. The number of carbonyl (C=O) groups is 1. The molecule has 2 bridgehead atoms. The lowest BCUT2D eigenvalue weighted by Gasteiger charge is -2.20. The number of rotatable bonds is 3. The van der Waals surface area contributed by atoms with Crippen molar-refractivity contribution >= 4 is 21.7 Å². The summed E-state index contributed by atoms with van der Waals surface area (Å²) >= 11 is 3.13. The van der Waals surface area contributed by atoms with E-state index in [2.05, 4.69) is 15.9 Å². The lowest BCUT2D eigenvalue weighted by atomic mass is 9.84. The summed E-state index contributed by atoms with van der Waals surface area (Å²) in [5.74, 6) is 2.05. The van der Waals surface area contributed by atoms with E-state index in [0.717, 1.165) is 11.8 Å². The molecule has 0 radical (unpaired) electrons. The van der Waals surface area contributed by atoms with Gasteiger partial charge in [0.25, 0.3) is 0 Å². The molecule has 1 nitrogen and oxygen atoms in total. The smallest absolute Gasteiger partial charge is 0.163 e. The first kappa shape index (κ1) is 12.3. The first-order chi connectivity index (χ1) is 8.63. The summed E-state index contributed by atoms with van der Waals surface area (Å²) < 4.78 is 13.5. The average molecular weight is 311 g/mol. The zero-order chi connectivity index (χ0) is 12.7. The van der Waals surface area contributed by atoms with Gasteiger partial charge in [-0.3, -0.25) is 4.79 Å². The Morgan fingerprint density at radius 3 is 2.78 bits per heavy atom. The predicted octanol–water partition coefficient (Wildman–Crippen LogP) is 4.60. The van der Waals surface area contributed by atoms with Gasteiger partial charge >= 0.3 is 0 Å². The van der Waals surface area contributed by atoms with Gasteiger partial charge in [0.1, 0.15) is 5.82 Å². The van der Waals surface area contributed by atoms with Gasteiger partial charge in [-0.25, -0.2) is 4.39 Å². The van der Waals surface area contributed by atoms with Crippen LogP contribution in [-0.2, 0) is 0 Å². The molecule has 1 aromatic rings. The molecule has 3 rings (SSSR count). The molecule has 2 aliphatic carbocycles. The topological polar surface area (TPSA) is 17.1 Å². The van der Waals surface area contributed by atoms with Crippen LogP contribution in [0.3, 0.4) is 0 Å². The number of benzene rings is 1. The van der Waals surface area contributed by atoms with Gasteiger partial charge in [-0.05, 0) is 71.1 Å². The minimum absolute atomic E-state index is 0.160. The molecule has 2 aliphatic rings. The number of ketones is 1. The van der Waals surface area contributed by atoms with Crippen molar-refractivity contribution < 1.29 is 9.18 Å². The molecule has 18 heavy (non-hydrogen) atoms. The summed E-state index contributed by atoms with van der Waals surface area (Å²) in [7, 11) is 0. The van der Waals surface area contributed by atoms with Crippen LogP contribution in [0.5, 0.6) is 0 Å². The van der Waals surface area contributed by atoms with Gasteiger partial charge in [0, 0.05) is 12.0 Å². The van der Waals surface area contributed by atoms with Crippen molar-refractivity contribution in [2.24, 2.45) is 17.8 Å². The van der Waals surface area contributed by atoms with E-state index in [4.69, 9.17) is 0 Å². The van der Waals surface area contributed by atoms with Gasteiger partial charge in [0.2, 0.25) is 0 Å². The third-order valence-corrected chi connectivity index (χ3v) is 5.18. The number of carbonyl (C=O) groups excluding carboxylic acids is 1. The van der Waals surface area contributed by atoms with Crippen molar-refractivity contribution in [1.82, 2.24) is 0 Å². The Labute approximate surface area is 115 Å². The Kier molecular flexibility index (Phi) is 3.27. The molecule has 2 fully saturated rings. The Hall–Kier alpha value is -0.700. The molecule has 2 saturated carbocycles. The quantitative estimate of drug-likeness (QED) is 0.746. The van der Waals surface area contributed by atoms with Crippen LogP contribution in [0.4, 0.5) is 4.39 Å². The highest BCUT2D eigenvalue weighted by Gasteiger charge is 2.40. The fourth-order valence-corrected chi connectivity index (χ4v) is 4.03. The maximum atomic E-state index is 13.1. The molecule has 0 saturated heterocycles. The van der Waals surface area contributed by atoms with Crippen LogP contribution < -0.4 is 0 Å². The van der Waals surface area contributed by atoms with Crippen LogP contribution in [0.25, 0.3) is 0 Å². The Balaban J connectivity index is 1.69. The third-order valence-electron chi connectivity index (χ3n) is 4.57. The summed E-state index contributed by atoms with van der Waals surface area (Å²) in [6, 6.07) is 4.55. The van der Waals surface area contributed by atoms with E-state index < -0.39 is 0 Å². The van der Waals surface area contributed by atoms with E-state index in [9.17, 15) is 9.18 Å². The summed E-state index contributed by atoms with van der Waals surface area (Å²) in [5.41, 5.74) is 0.631. The van der Waals surface area contributed by atoms with Crippen molar-refractivity contribution in [2.45, 2.75) is 32.1 Å². The van der Waals surface area contributed by atoms with Gasteiger partial charge in [0.15, 0.2) is 5.78 Å². The second kappa shape index (κ2) is 4.76. The fourth-order valence-electron chi connectivity index (χ4n) is 3.65. The molecular formula is C15H16BrFO. The van der Waals surface area contributed by atoms with Gasteiger partial charge in [-0.2, -0.15) is 0 Å². The van der Waals surface area contributed by atoms with E-state index in [1.807, 2.05) is 0 Å². The predicted molar refractivity (Wildman–Crippen MR) is 72.0 cm³/mol. The van der Waals surface area contributed by atoms with E-state index in [1.54, 1.807) is 12.1 Å². The van der Waals surface area contributed by atoms with Crippen molar-refractivity contribution in [3.63, 3.8) is 0 Å². The number of fused-ring (bicyclic) bond motifs is 2. The number of hydrogen-bond donors (Lipinski definition) is 0. The van der Waals surface area contributed by atoms with Crippen LogP contribution in [0.1, 0.15) is 42.5 Å². The molecule has 0 aromatic heterocycles. The van der Waals surface area contributed by atoms with E-state index in [1.165, 1.54) is 31.7 Å². The summed E-state index contributed by atoms with van der Waals surface area (Å²) in [6.07, 6.45) is 5.84. The van der Waals surface area contributed by atoms with E-state index in [0.29, 0.717) is 22.4 Å². The highest BCUT2D eigenvalue weighted by atomic mass is 79.9. The van der Waals surface area contributed by atoms with E-state index >= 15 is 0 Å². The molecule has 96 valence electrons. The van der Waals surface area contributed by atoms with Crippen LogP contribution in [-0.4, -0.2) is 5.78 Å². The molecule has 0 aliphatic heterocycles. The SMILES string of the molecule is O=C(CC1CC2CCC1C2)c1ccc(F)c(Br)c1. The second-order valence-electron chi connectivity index (χ2n) is 5.69. The van der Waals surface area contributed by atoms with Crippen molar-refractivity contribution in [3.8, 4) is 0 Å². The minimum Gasteiger partial charge on any atom is -0.294 e. The van der Waals surface area contributed by atoms with Gasteiger partial charge in [0.05, 0.1) is 4.47 Å². The molecule has 1 aromatic carbocycles. The number of halogens is 2. The third kappa shape index (κ3) is 2.25.